The molecule has 0 N–H and O–H groups in total. The van der Waals surface area contributed by atoms with Crippen molar-refractivity contribution in [2.24, 2.45) is 0 Å². The highest BCUT2D eigenvalue weighted by atomic mass is 79.9. The van der Waals surface area contributed by atoms with Crippen molar-refractivity contribution >= 4 is 79.6 Å². The Morgan fingerprint density at radius 2 is 1.64 bits per heavy atom. The Kier molecular flexibility index (Phi) is 4.04. The molecule has 1 rings (SSSR count). The molecule has 0 aromatic heterocycles. The normalized spacial score (nSPS) is 35.2. The van der Waals surface area contributed by atoms with Crippen molar-refractivity contribution in [1.29, 1.82) is 0 Å². The number of rotatable bonds is 0. The van der Waals surface area contributed by atoms with Gasteiger partial charge in [-0.1, -0.05) is 79.6 Å². The van der Waals surface area contributed by atoms with E-state index in [2.05, 4.69) is 79.6 Å². The quantitative estimate of drug-likeness (QED) is 0.434. The van der Waals surface area contributed by atoms with Crippen LogP contribution in [0.3, 0.4) is 0 Å². The van der Waals surface area contributed by atoms with Crippen LogP contribution in [0.1, 0.15) is 19.3 Å². The number of hydrogen-bond acceptors (Lipinski definition) is 0. The lowest BCUT2D eigenvalue weighted by molar-refractivity contribution is 0.518. The topological polar surface area (TPSA) is 0 Å². The van der Waals surface area contributed by atoms with Crippen LogP contribution in [0.2, 0.25) is 0 Å². The largest absolute Gasteiger partial charge is 0.118 e. The lowest BCUT2D eigenvalue weighted by Gasteiger charge is -2.42. The SMILES string of the molecule is BrC1CCCC(Br)(Br)C1(Br)Br. The third kappa shape index (κ3) is 2.25. The summed E-state index contributed by atoms with van der Waals surface area (Å²) in [6.07, 6.45) is 3.53. The van der Waals surface area contributed by atoms with E-state index in [4.69, 9.17) is 0 Å². The Balaban J connectivity index is 2.82. The minimum Gasteiger partial charge on any atom is -0.0865 e. The zero-order chi connectivity index (χ0) is 8.70. The van der Waals surface area contributed by atoms with Gasteiger partial charge in [-0.05, 0) is 19.3 Å². The molecule has 0 radical (unpaired) electrons. The van der Waals surface area contributed by atoms with Gasteiger partial charge in [0.05, 0.1) is 0 Å². The van der Waals surface area contributed by atoms with Gasteiger partial charge in [-0.2, -0.15) is 0 Å². The minimum absolute atomic E-state index is 0.0422. The molecule has 1 unspecified atom stereocenters. The maximum Gasteiger partial charge on any atom is 0.118 e. The van der Waals surface area contributed by atoms with Crippen molar-refractivity contribution in [2.45, 2.75) is 30.6 Å². The van der Waals surface area contributed by atoms with Crippen LogP contribution in [0.5, 0.6) is 0 Å². The molecule has 66 valence electrons. The third-order valence-electron chi connectivity index (χ3n) is 1.83. The van der Waals surface area contributed by atoms with Crippen LogP contribution in [0.4, 0.5) is 0 Å². The van der Waals surface area contributed by atoms with Crippen molar-refractivity contribution in [3.8, 4) is 0 Å². The van der Waals surface area contributed by atoms with Crippen LogP contribution in [0, 0.1) is 0 Å². The molecule has 0 aromatic carbocycles. The smallest absolute Gasteiger partial charge is 0.0865 e. The summed E-state index contributed by atoms with van der Waals surface area (Å²) in [5.74, 6) is 0. The highest BCUT2D eigenvalue weighted by Crippen LogP contribution is 2.58. The van der Waals surface area contributed by atoms with Gasteiger partial charge in [-0.25, -0.2) is 0 Å². The van der Waals surface area contributed by atoms with Crippen LogP contribution >= 0.6 is 79.6 Å². The molecule has 1 aliphatic rings. The van der Waals surface area contributed by atoms with E-state index in [0.29, 0.717) is 4.83 Å². The van der Waals surface area contributed by atoms with Crippen molar-refractivity contribution < 1.29 is 0 Å². The standard InChI is InChI=1S/C6H7Br5/c7-4-2-1-3-5(8,9)6(4,10)11/h4H,1-3H2. The molecule has 0 bridgehead atoms. The van der Waals surface area contributed by atoms with Gasteiger partial charge in [0.1, 0.15) is 6.47 Å². The summed E-state index contributed by atoms with van der Waals surface area (Å²) in [7, 11) is 0. The fourth-order valence-corrected chi connectivity index (χ4v) is 4.38. The van der Waals surface area contributed by atoms with E-state index in [9.17, 15) is 0 Å². The summed E-state index contributed by atoms with van der Waals surface area (Å²) < 4.78 is -0.134. The molecule has 0 aromatic rings. The monoisotopic (exact) mass is 474 g/mol. The van der Waals surface area contributed by atoms with Crippen LogP contribution in [-0.2, 0) is 0 Å². The lowest BCUT2D eigenvalue weighted by atomic mass is 10.00. The second-order valence-electron chi connectivity index (χ2n) is 2.69. The van der Waals surface area contributed by atoms with Crippen molar-refractivity contribution in [2.75, 3.05) is 0 Å². The van der Waals surface area contributed by atoms with Gasteiger partial charge in [-0.3, -0.25) is 0 Å². The highest BCUT2D eigenvalue weighted by molar-refractivity contribution is 9.30. The van der Waals surface area contributed by atoms with E-state index in [0.717, 1.165) is 6.42 Å². The molecule has 0 aliphatic heterocycles. The first-order chi connectivity index (χ1) is 4.88. The Morgan fingerprint density at radius 3 is 2.00 bits per heavy atom. The summed E-state index contributed by atoms with van der Waals surface area (Å²) in [6, 6.07) is 0. The number of hydrogen-bond donors (Lipinski definition) is 0. The summed E-state index contributed by atoms with van der Waals surface area (Å²) >= 11 is 18.2. The van der Waals surface area contributed by atoms with E-state index >= 15 is 0 Å². The first kappa shape index (κ1) is 11.5. The van der Waals surface area contributed by atoms with Crippen LogP contribution in [-0.4, -0.2) is 11.3 Å². The average molecular weight is 479 g/mol. The van der Waals surface area contributed by atoms with Gasteiger partial charge in [0.2, 0.25) is 0 Å². The molecule has 1 fully saturated rings. The molecule has 5 heteroatoms. The fourth-order valence-electron chi connectivity index (χ4n) is 1.08. The van der Waals surface area contributed by atoms with E-state index in [1.54, 1.807) is 0 Å². The van der Waals surface area contributed by atoms with Crippen molar-refractivity contribution in [1.82, 2.24) is 0 Å². The molecular formula is C6H7Br5. The predicted octanol–water partition coefficient (Wildman–Crippen LogP) is 4.91. The highest BCUT2D eigenvalue weighted by Gasteiger charge is 2.51. The summed E-state index contributed by atoms with van der Waals surface area (Å²) in [4.78, 5) is 0.447. The molecule has 11 heavy (non-hydrogen) atoms. The second-order valence-corrected chi connectivity index (χ2v) is 11.1. The Bertz CT molecular complexity index is 153. The van der Waals surface area contributed by atoms with E-state index in [1.807, 2.05) is 0 Å². The molecule has 0 spiro atoms. The minimum atomic E-state index is -0.0920. The Morgan fingerprint density at radius 1 is 1.09 bits per heavy atom. The fraction of sp³-hybridized carbons (Fsp3) is 1.00. The van der Waals surface area contributed by atoms with E-state index < -0.39 is 0 Å². The molecule has 0 amide bonds. The van der Waals surface area contributed by atoms with Gasteiger partial charge in [0, 0.05) is 4.83 Å². The molecular weight excluding hydrogens is 472 g/mol. The zero-order valence-electron chi connectivity index (χ0n) is 5.59. The van der Waals surface area contributed by atoms with Crippen LogP contribution in [0.15, 0.2) is 0 Å². The van der Waals surface area contributed by atoms with Crippen molar-refractivity contribution in [3.05, 3.63) is 0 Å². The molecule has 0 saturated heterocycles. The summed E-state index contributed by atoms with van der Waals surface area (Å²) in [5, 5.41) is 0. The second kappa shape index (κ2) is 3.87. The molecule has 0 nitrogen and oxygen atoms in total. The van der Waals surface area contributed by atoms with Gasteiger partial charge >= 0.3 is 0 Å². The third-order valence-corrected chi connectivity index (χ3v) is 10.8. The maximum absolute atomic E-state index is 3.66. The van der Waals surface area contributed by atoms with E-state index in [1.165, 1.54) is 12.8 Å². The van der Waals surface area contributed by atoms with E-state index in [-0.39, 0.29) is 6.47 Å². The zero-order valence-corrected chi connectivity index (χ0v) is 13.5. The summed E-state index contributed by atoms with van der Waals surface area (Å²) in [5.41, 5.74) is 0. The molecule has 1 saturated carbocycles. The van der Waals surface area contributed by atoms with Gasteiger partial charge in [0.15, 0.2) is 0 Å². The maximum atomic E-state index is 3.66. The first-order valence-electron chi connectivity index (χ1n) is 3.27. The van der Waals surface area contributed by atoms with Gasteiger partial charge < -0.3 is 0 Å². The van der Waals surface area contributed by atoms with Gasteiger partial charge in [-0.15, -0.1) is 0 Å². The Labute approximate surface area is 109 Å². The van der Waals surface area contributed by atoms with Gasteiger partial charge in [0.25, 0.3) is 0 Å². The molecule has 0 heterocycles. The first-order valence-corrected chi connectivity index (χ1v) is 7.36. The molecule has 1 aliphatic carbocycles. The molecule has 1 atom stereocenters. The number of alkyl halides is 5. The summed E-state index contributed by atoms with van der Waals surface area (Å²) in [6.45, 7) is 0. The van der Waals surface area contributed by atoms with Crippen molar-refractivity contribution in [3.63, 3.8) is 0 Å². The van der Waals surface area contributed by atoms with Crippen LogP contribution < -0.4 is 0 Å². The van der Waals surface area contributed by atoms with Crippen LogP contribution in [0.25, 0.3) is 0 Å². The number of halogens is 5. The lowest BCUT2D eigenvalue weighted by Crippen LogP contribution is -2.45. The predicted molar refractivity (Wildman–Crippen MR) is 67.7 cm³/mol. The Hall–Kier alpha value is 2.40. The average Bonchev–Trinajstić information content (AvgIpc) is 1.84.